The molecule has 0 saturated heterocycles. The molecule has 8 aromatic carbocycles. The molecule has 268 valence electrons. The van der Waals surface area contributed by atoms with Gasteiger partial charge in [-0.25, -0.2) is 4.98 Å². The molecule has 0 bridgehead atoms. The van der Waals surface area contributed by atoms with E-state index in [1.165, 1.54) is 58.6 Å². The van der Waals surface area contributed by atoms with Crippen molar-refractivity contribution in [3.05, 3.63) is 217 Å². The SMILES string of the molecule is C1=C(c2ccc(-c3ccc4sc5c(ccc6c(-c7ccccc7)nc7ccccc7c65)c4c3)cc2)NC(c2ccccc2)N=C1c1ccccc1-c1ccccc1. The molecule has 0 spiro atoms. The lowest BCUT2D eigenvalue weighted by molar-refractivity contribution is 0.664. The summed E-state index contributed by atoms with van der Waals surface area (Å²) >= 11 is 1.88. The summed E-state index contributed by atoms with van der Waals surface area (Å²) in [5.74, 6) is 0. The Balaban J connectivity index is 0.987. The normalized spacial score (nSPS) is 14.1. The summed E-state index contributed by atoms with van der Waals surface area (Å²) in [4.78, 5) is 10.5. The molecule has 3 heterocycles. The van der Waals surface area contributed by atoms with Crippen LogP contribution in [0.15, 0.2) is 205 Å². The van der Waals surface area contributed by atoms with Crippen molar-refractivity contribution in [1.29, 1.82) is 0 Å². The third kappa shape index (κ3) is 5.90. The third-order valence-electron chi connectivity index (χ3n) is 11.1. The smallest absolute Gasteiger partial charge is 0.145 e. The van der Waals surface area contributed by atoms with Crippen LogP contribution in [0.4, 0.5) is 0 Å². The Hall–Kier alpha value is -7.14. The van der Waals surface area contributed by atoms with E-state index >= 15 is 0 Å². The lowest BCUT2D eigenvalue weighted by Gasteiger charge is -2.25. The van der Waals surface area contributed by atoms with Crippen molar-refractivity contribution in [2.45, 2.75) is 6.17 Å². The molecule has 1 aliphatic rings. The number of nitrogens with one attached hydrogen (secondary N) is 1. The molecule has 2 aromatic heterocycles. The van der Waals surface area contributed by atoms with E-state index in [0.717, 1.165) is 44.9 Å². The number of aromatic nitrogens is 1. The minimum atomic E-state index is -0.216. The topological polar surface area (TPSA) is 37.3 Å². The molecule has 11 rings (SSSR count). The fourth-order valence-electron chi connectivity index (χ4n) is 8.32. The van der Waals surface area contributed by atoms with E-state index in [9.17, 15) is 0 Å². The highest BCUT2D eigenvalue weighted by Crippen LogP contribution is 2.44. The highest BCUT2D eigenvalue weighted by atomic mass is 32.1. The zero-order valence-corrected chi connectivity index (χ0v) is 31.7. The van der Waals surface area contributed by atoms with Crippen molar-refractivity contribution in [2.75, 3.05) is 0 Å². The highest BCUT2D eigenvalue weighted by molar-refractivity contribution is 7.26. The average Bonchev–Trinajstić information content (AvgIpc) is 3.68. The second-order valence-corrected chi connectivity index (χ2v) is 15.6. The van der Waals surface area contributed by atoms with E-state index in [0.29, 0.717) is 0 Å². The Morgan fingerprint density at radius 1 is 0.456 bits per heavy atom. The maximum absolute atomic E-state index is 5.28. The molecule has 1 unspecified atom stereocenters. The molecular weight excluding hydrogens is 711 g/mol. The van der Waals surface area contributed by atoms with Crippen LogP contribution in [0.2, 0.25) is 0 Å². The van der Waals surface area contributed by atoms with E-state index in [2.05, 4.69) is 206 Å². The van der Waals surface area contributed by atoms with Crippen LogP contribution >= 0.6 is 11.3 Å². The zero-order chi connectivity index (χ0) is 37.7. The van der Waals surface area contributed by atoms with Crippen LogP contribution in [0.3, 0.4) is 0 Å². The van der Waals surface area contributed by atoms with Gasteiger partial charge in [0.15, 0.2) is 0 Å². The highest BCUT2D eigenvalue weighted by Gasteiger charge is 2.22. The van der Waals surface area contributed by atoms with E-state index in [4.69, 9.17) is 9.98 Å². The summed E-state index contributed by atoms with van der Waals surface area (Å²) in [5.41, 5.74) is 13.3. The first-order chi connectivity index (χ1) is 28.2. The summed E-state index contributed by atoms with van der Waals surface area (Å²) in [7, 11) is 0. The van der Waals surface area contributed by atoms with Crippen LogP contribution in [-0.2, 0) is 0 Å². The van der Waals surface area contributed by atoms with Gasteiger partial charge in [-0.05, 0) is 57.7 Å². The van der Waals surface area contributed by atoms with E-state index in [1.54, 1.807) is 0 Å². The largest absolute Gasteiger partial charge is 0.360 e. The number of pyridine rings is 1. The molecule has 0 aliphatic carbocycles. The number of fused-ring (bicyclic) bond motifs is 7. The van der Waals surface area contributed by atoms with Crippen molar-refractivity contribution >= 4 is 64.6 Å². The number of allylic oxidation sites excluding steroid dienone is 1. The Kier molecular flexibility index (Phi) is 8.08. The van der Waals surface area contributed by atoms with E-state index in [-0.39, 0.29) is 6.17 Å². The van der Waals surface area contributed by atoms with Gasteiger partial charge < -0.3 is 5.32 Å². The van der Waals surface area contributed by atoms with Crippen LogP contribution in [0.1, 0.15) is 22.9 Å². The minimum absolute atomic E-state index is 0.216. The third-order valence-corrected chi connectivity index (χ3v) is 12.3. The fourth-order valence-corrected chi connectivity index (χ4v) is 9.57. The zero-order valence-electron chi connectivity index (χ0n) is 30.9. The lowest BCUT2D eigenvalue weighted by Crippen LogP contribution is -2.25. The Bertz CT molecular complexity index is 3180. The molecule has 0 saturated carbocycles. The Morgan fingerprint density at radius 2 is 1.09 bits per heavy atom. The molecule has 1 atom stereocenters. The van der Waals surface area contributed by atoms with Crippen LogP contribution in [-0.4, -0.2) is 10.7 Å². The van der Waals surface area contributed by atoms with E-state index in [1.807, 2.05) is 11.3 Å². The quantitative estimate of drug-likeness (QED) is 0.172. The van der Waals surface area contributed by atoms with Crippen LogP contribution < -0.4 is 5.32 Å². The van der Waals surface area contributed by atoms with Crippen molar-refractivity contribution in [3.63, 3.8) is 0 Å². The first kappa shape index (κ1) is 33.2. The molecule has 4 heteroatoms. The second kappa shape index (κ2) is 13.9. The predicted molar refractivity (Wildman–Crippen MR) is 242 cm³/mol. The number of nitrogens with zero attached hydrogens (tertiary/aromatic N) is 2. The maximum atomic E-state index is 5.28. The van der Waals surface area contributed by atoms with Gasteiger partial charge in [-0.15, -0.1) is 11.3 Å². The van der Waals surface area contributed by atoms with Gasteiger partial charge in [0.2, 0.25) is 0 Å². The first-order valence-corrected chi connectivity index (χ1v) is 20.2. The lowest BCUT2D eigenvalue weighted by atomic mass is 9.94. The summed E-state index contributed by atoms with van der Waals surface area (Å²) in [6.45, 7) is 0. The van der Waals surface area contributed by atoms with Gasteiger partial charge in [-0.1, -0.05) is 176 Å². The summed E-state index contributed by atoms with van der Waals surface area (Å²) in [5, 5.41) is 9.97. The first-order valence-electron chi connectivity index (χ1n) is 19.3. The van der Waals surface area contributed by atoms with Gasteiger partial charge in [0.1, 0.15) is 6.17 Å². The van der Waals surface area contributed by atoms with Gasteiger partial charge >= 0.3 is 0 Å². The fraction of sp³-hybridized carbons (Fsp3) is 0.0189. The van der Waals surface area contributed by atoms with Gasteiger partial charge in [0.05, 0.1) is 16.9 Å². The van der Waals surface area contributed by atoms with Crippen molar-refractivity contribution in [2.24, 2.45) is 4.99 Å². The van der Waals surface area contributed by atoms with Crippen molar-refractivity contribution in [1.82, 2.24) is 10.3 Å². The Labute approximate surface area is 335 Å². The predicted octanol–water partition coefficient (Wildman–Crippen LogP) is 13.9. The number of thiophene rings is 1. The second-order valence-electron chi connectivity index (χ2n) is 14.5. The molecule has 1 N–H and O–H groups in total. The number of hydrogen-bond donors (Lipinski definition) is 1. The van der Waals surface area contributed by atoms with Crippen LogP contribution in [0.25, 0.3) is 81.1 Å². The van der Waals surface area contributed by atoms with Gasteiger partial charge in [0, 0.05) is 53.2 Å². The molecule has 0 amide bonds. The van der Waals surface area contributed by atoms with Crippen LogP contribution in [0, 0.1) is 0 Å². The van der Waals surface area contributed by atoms with E-state index < -0.39 is 0 Å². The molecule has 57 heavy (non-hydrogen) atoms. The molecule has 0 radical (unpaired) electrons. The summed E-state index contributed by atoms with van der Waals surface area (Å²) in [6.07, 6.45) is 1.98. The molecule has 3 nitrogen and oxygen atoms in total. The van der Waals surface area contributed by atoms with Gasteiger partial charge in [-0.3, -0.25) is 4.99 Å². The minimum Gasteiger partial charge on any atom is -0.360 e. The molecular formula is C53H35N3S. The number of benzene rings is 8. The number of rotatable bonds is 6. The summed E-state index contributed by atoms with van der Waals surface area (Å²) < 4.78 is 2.59. The molecule has 1 aliphatic heterocycles. The maximum Gasteiger partial charge on any atom is 0.145 e. The number of aliphatic imine (C=N–C) groups is 1. The van der Waals surface area contributed by atoms with Gasteiger partial charge in [-0.2, -0.15) is 0 Å². The Morgan fingerprint density at radius 3 is 1.88 bits per heavy atom. The molecule has 0 fully saturated rings. The number of para-hydroxylation sites is 1. The molecule has 10 aromatic rings. The van der Waals surface area contributed by atoms with Crippen molar-refractivity contribution < 1.29 is 0 Å². The standard InChI is InChI=1S/C53H35N3S/c1-4-14-35(15-5-1)40-20-10-11-21-41(40)48-33-47(55-53(56-48)38-18-8-3-9-19-38)36-26-24-34(25-27-36)39-28-31-49-45(32-39)42-29-30-44-50(52(42)57-49)43-22-12-13-23-46(43)54-51(44)37-16-6-2-7-17-37/h1-33,53,55H. The van der Waals surface area contributed by atoms with Gasteiger partial charge in [0.25, 0.3) is 0 Å². The summed E-state index contributed by atoms with van der Waals surface area (Å²) in [6, 6.07) is 69.2. The van der Waals surface area contributed by atoms with Crippen molar-refractivity contribution in [3.8, 4) is 33.5 Å². The number of hydrogen-bond acceptors (Lipinski definition) is 4. The van der Waals surface area contributed by atoms with Crippen LogP contribution in [0.5, 0.6) is 0 Å². The monoisotopic (exact) mass is 745 g/mol. The average molecular weight is 746 g/mol.